The molecule has 0 N–H and O–H groups in total. The summed E-state index contributed by atoms with van der Waals surface area (Å²) in [6.07, 6.45) is 0. The third kappa shape index (κ3) is 3.07. The quantitative estimate of drug-likeness (QED) is 0.792. The van der Waals surface area contributed by atoms with E-state index < -0.39 is 9.05 Å². The Kier molecular flexibility index (Phi) is 3.81. The van der Waals surface area contributed by atoms with Crippen molar-refractivity contribution in [3.63, 3.8) is 0 Å². The van der Waals surface area contributed by atoms with Crippen LogP contribution in [0.2, 0.25) is 5.02 Å². The van der Waals surface area contributed by atoms with E-state index in [1.54, 1.807) is 30.3 Å². The highest BCUT2D eigenvalue weighted by Gasteiger charge is 2.11. The second-order valence-corrected chi connectivity index (χ2v) is 6.77. The Morgan fingerprint density at radius 1 is 1.05 bits per heavy atom. The van der Waals surface area contributed by atoms with Crippen LogP contribution in [-0.4, -0.2) is 8.42 Å². The minimum Gasteiger partial charge on any atom is -0.207 e. The molecule has 0 amide bonds. The number of halogens is 2. The predicted molar refractivity (Wildman–Crippen MR) is 74.6 cm³/mol. The minimum atomic E-state index is -3.74. The average molecular weight is 312 g/mol. The maximum Gasteiger partial charge on any atom is 0.261 e. The summed E-state index contributed by atoms with van der Waals surface area (Å²) in [5, 5.41) is 9.53. The number of hydrogen-bond donors (Lipinski definition) is 0. The molecule has 0 saturated carbocycles. The van der Waals surface area contributed by atoms with Gasteiger partial charge in [-0.05, 0) is 35.4 Å². The third-order valence-corrected chi connectivity index (χ3v) is 4.15. The molecular formula is C13H7Cl2NO2S. The van der Waals surface area contributed by atoms with Crippen molar-refractivity contribution in [1.29, 1.82) is 5.26 Å². The van der Waals surface area contributed by atoms with Crippen LogP contribution in [0, 0.1) is 11.3 Å². The summed E-state index contributed by atoms with van der Waals surface area (Å²) in [6, 6.07) is 13.0. The van der Waals surface area contributed by atoms with Crippen LogP contribution in [0.15, 0.2) is 47.4 Å². The minimum absolute atomic E-state index is 0.0189. The number of nitrogens with zero attached hydrogens (tertiary/aromatic N) is 1. The monoisotopic (exact) mass is 311 g/mol. The van der Waals surface area contributed by atoms with Gasteiger partial charge in [-0.2, -0.15) is 5.26 Å². The number of hydrogen-bond acceptors (Lipinski definition) is 3. The van der Waals surface area contributed by atoms with E-state index in [1.807, 2.05) is 0 Å². The molecule has 96 valence electrons. The smallest absolute Gasteiger partial charge is 0.207 e. The summed E-state index contributed by atoms with van der Waals surface area (Å²) >= 11 is 5.82. The summed E-state index contributed by atoms with van der Waals surface area (Å²) in [5.41, 5.74) is 1.83. The summed E-state index contributed by atoms with van der Waals surface area (Å²) < 4.78 is 22.3. The molecule has 0 fully saturated rings. The third-order valence-electron chi connectivity index (χ3n) is 2.55. The molecule has 0 unspecified atom stereocenters. The lowest BCUT2D eigenvalue weighted by Gasteiger charge is -2.05. The van der Waals surface area contributed by atoms with Crippen molar-refractivity contribution in [2.45, 2.75) is 4.90 Å². The molecule has 0 aliphatic carbocycles. The number of nitriles is 1. The molecule has 0 aromatic heterocycles. The van der Waals surface area contributed by atoms with Gasteiger partial charge in [0.2, 0.25) is 0 Å². The maximum atomic E-state index is 11.1. The molecule has 0 heterocycles. The van der Waals surface area contributed by atoms with E-state index in [-0.39, 0.29) is 4.90 Å². The first-order chi connectivity index (χ1) is 8.91. The first-order valence-corrected chi connectivity index (χ1v) is 7.85. The highest BCUT2D eigenvalue weighted by atomic mass is 35.7. The SMILES string of the molecule is N#Cc1cc(Cl)ccc1-c1ccc(S(=O)(=O)Cl)cc1. The Labute approximate surface area is 120 Å². The van der Waals surface area contributed by atoms with Gasteiger partial charge in [0, 0.05) is 15.7 Å². The van der Waals surface area contributed by atoms with Crippen molar-refractivity contribution in [1.82, 2.24) is 0 Å². The predicted octanol–water partition coefficient (Wildman–Crippen LogP) is 3.81. The maximum absolute atomic E-state index is 11.1. The molecule has 3 nitrogen and oxygen atoms in total. The molecule has 6 heteroatoms. The molecular weight excluding hydrogens is 305 g/mol. The van der Waals surface area contributed by atoms with Crippen LogP contribution in [0.3, 0.4) is 0 Å². The van der Waals surface area contributed by atoms with E-state index in [2.05, 4.69) is 6.07 Å². The highest BCUT2D eigenvalue weighted by Crippen LogP contribution is 2.27. The first kappa shape index (κ1) is 13.9. The molecule has 0 spiro atoms. The zero-order chi connectivity index (χ0) is 14.0. The molecule has 2 rings (SSSR count). The molecule has 0 saturated heterocycles. The Morgan fingerprint density at radius 2 is 1.68 bits per heavy atom. The van der Waals surface area contributed by atoms with E-state index in [1.165, 1.54) is 12.1 Å². The van der Waals surface area contributed by atoms with Gasteiger partial charge in [0.1, 0.15) is 0 Å². The Hall–Kier alpha value is -1.54. The van der Waals surface area contributed by atoms with Gasteiger partial charge in [-0.15, -0.1) is 0 Å². The molecule has 0 atom stereocenters. The van der Waals surface area contributed by atoms with Crippen LogP contribution in [0.1, 0.15) is 5.56 Å². The van der Waals surface area contributed by atoms with Gasteiger partial charge in [0.25, 0.3) is 9.05 Å². The standard InChI is InChI=1S/C13H7Cl2NO2S/c14-11-3-6-13(10(7-11)8-16)9-1-4-12(5-2-9)19(15,17)18/h1-7H. The fourth-order valence-corrected chi connectivity index (χ4v) is 2.60. The van der Waals surface area contributed by atoms with Gasteiger partial charge in [-0.25, -0.2) is 8.42 Å². The largest absolute Gasteiger partial charge is 0.261 e. The summed E-state index contributed by atoms with van der Waals surface area (Å²) in [7, 11) is 1.50. The van der Waals surface area contributed by atoms with Gasteiger partial charge in [-0.3, -0.25) is 0 Å². The lowest BCUT2D eigenvalue weighted by atomic mass is 10.0. The van der Waals surface area contributed by atoms with Gasteiger partial charge < -0.3 is 0 Å². The van der Waals surface area contributed by atoms with E-state index in [4.69, 9.17) is 27.5 Å². The molecule has 2 aromatic carbocycles. The zero-order valence-corrected chi connectivity index (χ0v) is 11.8. The Bertz CT molecular complexity index is 762. The van der Waals surface area contributed by atoms with Crippen molar-refractivity contribution in [2.24, 2.45) is 0 Å². The summed E-state index contributed by atoms with van der Waals surface area (Å²) in [5.74, 6) is 0. The first-order valence-electron chi connectivity index (χ1n) is 5.16. The fraction of sp³-hybridized carbons (Fsp3) is 0. The fourth-order valence-electron chi connectivity index (χ4n) is 1.66. The molecule has 0 radical (unpaired) electrons. The van der Waals surface area contributed by atoms with E-state index in [0.717, 1.165) is 5.56 Å². The molecule has 2 aromatic rings. The lowest BCUT2D eigenvalue weighted by Crippen LogP contribution is -1.90. The molecule has 19 heavy (non-hydrogen) atoms. The van der Waals surface area contributed by atoms with Crippen molar-refractivity contribution < 1.29 is 8.42 Å². The van der Waals surface area contributed by atoms with Crippen LogP contribution >= 0.6 is 22.3 Å². The second-order valence-electron chi connectivity index (χ2n) is 3.76. The van der Waals surface area contributed by atoms with Crippen molar-refractivity contribution >= 4 is 31.3 Å². The van der Waals surface area contributed by atoms with Crippen molar-refractivity contribution in [2.75, 3.05) is 0 Å². The summed E-state index contributed by atoms with van der Waals surface area (Å²) in [6.45, 7) is 0. The van der Waals surface area contributed by atoms with E-state index >= 15 is 0 Å². The normalized spacial score (nSPS) is 11.0. The summed E-state index contributed by atoms with van der Waals surface area (Å²) in [4.78, 5) is 0.0189. The van der Waals surface area contributed by atoms with Crippen LogP contribution in [0.25, 0.3) is 11.1 Å². The van der Waals surface area contributed by atoms with Gasteiger partial charge >= 0.3 is 0 Å². The van der Waals surface area contributed by atoms with Crippen LogP contribution in [-0.2, 0) is 9.05 Å². The number of benzene rings is 2. The lowest BCUT2D eigenvalue weighted by molar-refractivity contribution is 0.609. The van der Waals surface area contributed by atoms with Gasteiger partial charge in [-0.1, -0.05) is 29.8 Å². The molecule has 0 aliphatic rings. The highest BCUT2D eigenvalue weighted by molar-refractivity contribution is 8.13. The van der Waals surface area contributed by atoms with Crippen molar-refractivity contribution in [3.05, 3.63) is 53.1 Å². The molecule has 0 bridgehead atoms. The average Bonchev–Trinajstić information content (AvgIpc) is 2.37. The number of rotatable bonds is 2. The van der Waals surface area contributed by atoms with Crippen molar-refractivity contribution in [3.8, 4) is 17.2 Å². The Morgan fingerprint density at radius 3 is 2.21 bits per heavy atom. The second kappa shape index (κ2) is 5.22. The van der Waals surface area contributed by atoms with E-state index in [9.17, 15) is 8.42 Å². The topological polar surface area (TPSA) is 57.9 Å². The molecule has 0 aliphatic heterocycles. The van der Waals surface area contributed by atoms with Gasteiger partial charge in [0.15, 0.2) is 0 Å². The Balaban J connectivity index is 2.52. The van der Waals surface area contributed by atoms with Crippen LogP contribution in [0.4, 0.5) is 0 Å². The van der Waals surface area contributed by atoms with Crippen LogP contribution < -0.4 is 0 Å². The van der Waals surface area contributed by atoms with Gasteiger partial charge in [0.05, 0.1) is 16.5 Å². The van der Waals surface area contributed by atoms with Crippen LogP contribution in [0.5, 0.6) is 0 Å². The zero-order valence-electron chi connectivity index (χ0n) is 9.47. The van der Waals surface area contributed by atoms with E-state index in [0.29, 0.717) is 16.1 Å².